The molecule has 102 valence electrons. The standard InChI is InChI=1S/C15H20N2OS/c1-9-6-7-13(14(8-9)18-5)17-11(3)15-10(2)16-12(4)19-15/h6-8,11,17H,1-5H3. The second kappa shape index (κ2) is 5.61. The summed E-state index contributed by atoms with van der Waals surface area (Å²) in [7, 11) is 1.70. The maximum Gasteiger partial charge on any atom is 0.142 e. The Hall–Kier alpha value is -1.55. The van der Waals surface area contributed by atoms with Gasteiger partial charge in [0.2, 0.25) is 0 Å². The number of nitrogens with zero attached hydrogens (tertiary/aromatic N) is 1. The summed E-state index contributed by atoms with van der Waals surface area (Å²) in [6.45, 7) is 8.31. The monoisotopic (exact) mass is 276 g/mol. The predicted octanol–water partition coefficient (Wildman–Crippen LogP) is 4.25. The topological polar surface area (TPSA) is 34.1 Å². The van der Waals surface area contributed by atoms with Crippen molar-refractivity contribution in [3.05, 3.63) is 39.3 Å². The van der Waals surface area contributed by atoms with Crippen LogP contribution >= 0.6 is 11.3 Å². The Morgan fingerprint density at radius 1 is 1.26 bits per heavy atom. The van der Waals surface area contributed by atoms with Crippen molar-refractivity contribution in [1.29, 1.82) is 0 Å². The number of aryl methyl sites for hydroxylation is 3. The maximum atomic E-state index is 5.42. The molecule has 1 aromatic heterocycles. The molecule has 0 fully saturated rings. The molecule has 1 aromatic carbocycles. The number of hydrogen-bond donors (Lipinski definition) is 1. The van der Waals surface area contributed by atoms with Gasteiger partial charge in [0.1, 0.15) is 5.75 Å². The molecule has 0 radical (unpaired) electrons. The van der Waals surface area contributed by atoms with Crippen molar-refractivity contribution < 1.29 is 4.74 Å². The largest absolute Gasteiger partial charge is 0.495 e. The summed E-state index contributed by atoms with van der Waals surface area (Å²) in [6, 6.07) is 6.42. The molecule has 1 atom stereocenters. The van der Waals surface area contributed by atoms with Gasteiger partial charge in [0.15, 0.2) is 0 Å². The number of hydrogen-bond acceptors (Lipinski definition) is 4. The van der Waals surface area contributed by atoms with E-state index in [1.165, 1.54) is 10.4 Å². The van der Waals surface area contributed by atoms with Gasteiger partial charge in [0.25, 0.3) is 0 Å². The zero-order valence-corrected chi connectivity index (χ0v) is 12.9. The summed E-state index contributed by atoms with van der Waals surface area (Å²) in [4.78, 5) is 5.76. The second-order valence-electron chi connectivity index (χ2n) is 4.75. The van der Waals surface area contributed by atoms with E-state index in [0.717, 1.165) is 22.1 Å². The second-order valence-corrected chi connectivity index (χ2v) is 5.99. The van der Waals surface area contributed by atoms with E-state index in [-0.39, 0.29) is 6.04 Å². The lowest BCUT2D eigenvalue weighted by Crippen LogP contribution is -2.07. The van der Waals surface area contributed by atoms with Crippen molar-refractivity contribution in [2.75, 3.05) is 12.4 Å². The van der Waals surface area contributed by atoms with Gasteiger partial charge < -0.3 is 10.1 Å². The molecule has 1 unspecified atom stereocenters. The van der Waals surface area contributed by atoms with Gasteiger partial charge in [0.05, 0.1) is 29.5 Å². The highest BCUT2D eigenvalue weighted by Crippen LogP contribution is 2.32. The van der Waals surface area contributed by atoms with Crippen LogP contribution in [0.25, 0.3) is 0 Å². The third-order valence-electron chi connectivity index (χ3n) is 3.06. The molecule has 0 aliphatic rings. The van der Waals surface area contributed by atoms with Gasteiger partial charge in [-0.1, -0.05) is 6.07 Å². The highest BCUT2D eigenvalue weighted by Gasteiger charge is 2.14. The van der Waals surface area contributed by atoms with E-state index in [1.54, 1.807) is 18.4 Å². The third kappa shape index (κ3) is 3.07. The zero-order chi connectivity index (χ0) is 14.0. The van der Waals surface area contributed by atoms with Gasteiger partial charge in [-0.25, -0.2) is 4.98 Å². The van der Waals surface area contributed by atoms with Crippen LogP contribution in [0, 0.1) is 20.8 Å². The lowest BCUT2D eigenvalue weighted by atomic mass is 10.1. The maximum absolute atomic E-state index is 5.42. The normalized spacial score (nSPS) is 12.3. The van der Waals surface area contributed by atoms with Crippen molar-refractivity contribution in [3.8, 4) is 5.75 Å². The summed E-state index contributed by atoms with van der Waals surface area (Å²) in [5.74, 6) is 0.880. The van der Waals surface area contributed by atoms with E-state index in [0.29, 0.717) is 0 Å². The number of rotatable bonds is 4. The van der Waals surface area contributed by atoms with Crippen LogP contribution in [0.2, 0.25) is 0 Å². The molecular formula is C15H20N2OS. The molecule has 2 aromatic rings. The fourth-order valence-corrected chi connectivity index (χ4v) is 3.10. The Morgan fingerprint density at radius 3 is 2.58 bits per heavy atom. The number of thiazole rings is 1. The summed E-state index contributed by atoms with van der Waals surface area (Å²) in [5.41, 5.74) is 3.32. The molecule has 0 bridgehead atoms. The van der Waals surface area contributed by atoms with Crippen molar-refractivity contribution in [3.63, 3.8) is 0 Å². The van der Waals surface area contributed by atoms with Crippen LogP contribution < -0.4 is 10.1 Å². The van der Waals surface area contributed by atoms with Crippen molar-refractivity contribution >= 4 is 17.0 Å². The van der Waals surface area contributed by atoms with E-state index in [2.05, 4.69) is 43.2 Å². The molecule has 2 rings (SSSR count). The molecule has 0 aliphatic carbocycles. The number of benzene rings is 1. The Morgan fingerprint density at radius 2 is 2.00 bits per heavy atom. The summed E-state index contributed by atoms with van der Waals surface area (Å²) < 4.78 is 5.42. The lowest BCUT2D eigenvalue weighted by molar-refractivity contribution is 0.416. The van der Waals surface area contributed by atoms with E-state index in [4.69, 9.17) is 4.74 Å². The van der Waals surface area contributed by atoms with Crippen LogP contribution in [-0.4, -0.2) is 12.1 Å². The SMILES string of the molecule is COc1cc(C)ccc1NC(C)c1sc(C)nc1C. The van der Waals surface area contributed by atoms with Crippen LogP contribution in [0.3, 0.4) is 0 Å². The van der Waals surface area contributed by atoms with Gasteiger partial charge in [-0.15, -0.1) is 11.3 Å². The van der Waals surface area contributed by atoms with Gasteiger partial charge in [-0.2, -0.15) is 0 Å². The first kappa shape index (κ1) is 13.9. The molecular weight excluding hydrogens is 256 g/mol. The smallest absolute Gasteiger partial charge is 0.142 e. The number of anilines is 1. The predicted molar refractivity (Wildman–Crippen MR) is 81.4 cm³/mol. The minimum Gasteiger partial charge on any atom is -0.495 e. The highest BCUT2D eigenvalue weighted by molar-refractivity contribution is 7.11. The fourth-order valence-electron chi connectivity index (χ4n) is 2.17. The quantitative estimate of drug-likeness (QED) is 0.906. The van der Waals surface area contributed by atoms with Gasteiger partial charge in [0, 0.05) is 4.88 Å². The summed E-state index contributed by atoms with van der Waals surface area (Å²) in [6.07, 6.45) is 0. The fraction of sp³-hybridized carbons (Fsp3) is 0.400. The van der Waals surface area contributed by atoms with Crippen LogP contribution in [0.1, 0.15) is 34.1 Å². The van der Waals surface area contributed by atoms with Crippen LogP contribution in [0.4, 0.5) is 5.69 Å². The van der Waals surface area contributed by atoms with E-state index >= 15 is 0 Å². The first-order valence-electron chi connectivity index (χ1n) is 6.36. The molecule has 1 N–H and O–H groups in total. The third-order valence-corrected chi connectivity index (χ3v) is 4.32. The Kier molecular flexibility index (Phi) is 4.10. The number of aromatic nitrogens is 1. The van der Waals surface area contributed by atoms with Gasteiger partial charge in [-0.05, 0) is 45.4 Å². The highest BCUT2D eigenvalue weighted by atomic mass is 32.1. The van der Waals surface area contributed by atoms with Gasteiger partial charge in [-0.3, -0.25) is 0 Å². The number of methoxy groups -OCH3 is 1. The zero-order valence-electron chi connectivity index (χ0n) is 12.1. The molecule has 0 amide bonds. The minimum atomic E-state index is 0.225. The average molecular weight is 276 g/mol. The number of ether oxygens (including phenoxy) is 1. The van der Waals surface area contributed by atoms with E-state index in [1.807, 2.05) is 13.0 Å². The Balaban J connectivity index is 2.23. The molecule has 3 nitrogen and oxygen atoms in total. The van der Waals surface area contributed by atoms with Crippen LogP contribution in [-0.2, 0) is 0 Å². The molecule has 0 saturated heterocycles. The molecule has 0 spiro atoms. The number of nitrogens with one attached hydrogen (secondary N) is 1. The van der Waals surface area contributed by atoms with Crippen molar-refractivity contribution in [1.82, 2.24) is 4.98 Å². The first-order chi connectivity index (χ1) is 9.01. The average Bonchev–Trinajstić information content (AvgIpc) is 2.70. The minimum absolute atomic E-state index is 0.225. The summed E-state index contributed by atoms with van der Waals surface area (Å²) in [5, 5.41) is 4.61. The van der Waals surface area contributed by atoms with E-state index in [9.17, 15) is 0 Å². The van der Waals surface area contributed by atoms with Crippen molar-refractivity contribution in [2.45, 2.75) is 33.7 Å². The first-order valence-corrected chi connectivity index (χ1v) is 7.18. The molecule has 1 heterocycles. The molecule has 0 saturated carbocycles. The lowest BCUT2D eigenvalue weighted by Gasteiger charge is -2.17. The van der Waals surface area contributed by atoms with Crippen molar-refractivity contribution in [2.24, 2.45) is 0 Å². The molecule has 19 heavy (non-hydrogen) atoms. The van der Waals surface area contributed by atoms with Crippen LogP contribution in [0.5, 0.6) is 5.75 Å². The Bertz CT molecular complexity index is 578. The van der Waals surface area contributed by atoms with Gasteiger partial charge >= 0.3 is 0 Å². The summed E-state index contributed by atoms with van der Waals surface area (Å²) >= 11 is 1.74. The van der Waals surface area contributed by atoms with E-state index < -0.39 is 0 Å². The molecule has 4 heteroatoms. The Labute approximate surface area is 118 Å². The van der Waals surface area contributed by atoms with Crippen LogP contribution in [0.15, 0.2) is 18.2 Å². The molecule has 0 aliphatic heterocycles.